The molecule has 0 aliphatic heterocycles. The van der Waals surface area contributed by atoms with Crippen molar-refractivity contribution in [3.8, 4) is 5.88 Å². The summed E-state index contributed by atoms with van der Waals surface area (Å²) in [6.45, 7) is 0.305. The van der Waals surface area contributed by atoms with Crippen molar-refractivity contribution in [2.45, 2.75) is 6.61 Å². The van der Waals surface area contributed by atoms with Crippen LogP contribution >= 0.6 is 11.6 Å². The Hall–Kier alpha value is -2.60. The van der Waals surface area contributed by atoms with E-state index in [-0.39, 0.29) is 5.69 Å². The first-order valence-corrected chi connectivity index (χ1v) is 6.51. The molecule has 2 aromatic carbocycles. The standard InChI is InChI=1S/C14H10ClN3O3/c15-10-3-1-9(2-4-10)8-21-14-12-7-11(18(19)20)5-6-13(12)16-17-14/h1-7H,8H2,(H,16,17). The Morgan fingerprint density at radius 2 is 2.00 bits per heavy atom. The molecule has 0 aliphatic rings. The summed E-state index contributed by atoms with van der Waals surface area (Å²) < 4.78 is 5.61. The third kappa shape index (κ3) is 2.80. The van der Waals surface area contributed by atoms with Crippen LogP contribution in [0.4, 0.5) is 5.69 Å². The molecule has 0 spiro atoms. The lowest BCUT2D eigenvalue weighted by Gasteiger charge is -2.03. The molecular weight excluding hydrogens is 294 g/mol. The first-order valence-electron chi connectivity index (χ1n) is 6.13. The number of nitrogens with zero attached hydrogens (tertiary/aromatic N) is 2. The van der Waals surface area contributed by atoms with Gasteiger partial charge in [-0.25, -0.2) is 0 Å². The number of ether oxygens (including phenoxy) is 1. The Kier molecular flexibility index (Phi) is 3.45. The molecule has 3 aromatic rings. The molecule has 3 rings (SSSR count). The van der Waals surface area contributed by atoms with E-state index < -0.39 is 4.92 Å². The number of aromatic nitrogens is 2. The molecule has 106 valence electrons. The van der Waals surface area contributed by atoms with Crippen molar-refractivity contribution >= 4 is 28.2 Å². The van der Waals surface area contributed by atoms with Crippen molar-refractivity contribution in [1.29, 1.82) is 0 Å². The maximum atomic E-state index is 10.8. The number of non-ortho nitro benzene ring substituents is 1. The molecular formula is C14H10ClN3O3. The van der Waals surface area contributed by atoms with Gasteiger partial charge in [0.15, 0.2) is 0 Å². The number of aromatic amines is 1. The second-order valence-corrected chi connectivity index (χ2v) is 4.87. The van der Waals surface area contributed by atoms with E-state index in [9.17, 15) is 10.1 Å². The van der Waals surface area contributed by atoms with E-state index >= 15 is 0 Å². The normalized spacial score (nSPS) is 10.7. The van der Waals surface area contributed by atoms with Crippen molar-refractivity contribution in [3.63, 3.8) is 0 Å². The smallest absolute Gasteiger partial charge is 0.270 e. The summed E-state index contributed by atoms with van der Waals surface area (Å²) in [6, 6.07) is 11.7. The molecule has 21 heavy (non-hydrogen) atoms. The first kappa shape index (κ1) is 13.4. The van der Waals surface area contributed by atoms with Crippen molar-refractivity contribution in [2.24, 2.45) is 0 Å². The maximum absolute atomic E-state index is 10.8. The fourth-order valence-corrected chi connectivity index (χ4v) is 2.06. The van der Waals surface area contributed by atoms with Gasteiger partial charge < -0.3 is 4.74 Å². The van der Waals surface area contributed by atoms with Crippen molar-refractivity contribution in [1.82, 2.24) is 10.2 Å². The molecule has 1 aromatic heterocycles. The van der Waals surface area contributed by atoms with Crippen LogP contribution < -0.4 is 4.74 Å². The Labute approximate surface area is 124 Å². The van der Waals surface area contributed by atoms with Crippen LogP contribution in [0.15, 0.2) is 42.5 Å². The molecule has 0 saturated heterocycles. The number of nitro groups is 1. The van der Waals surface area contributed by atoms with E-state index in [2.05, 4.69) is 10.2 Å². The van der Waals surface area contributed by atoms with E-state index in [1.807, 2.05) is 12.1 Å². The molecule has 0 radical (unpaired) electrons. The summed E-state index contributed by atoms with van der Waals surface area (Å²) in [4.78, 5) is 10.4. The molecule has 0 fully saturated rings. The van der Waals surface area contributed by atoms with Gasteiger partial charge in [0.05, 0.1) is 15.8 Å². The van der Waals surface area contributed by atoms with Crippen LogP contribution in [0.1, 0.15) is 5.56 Å². The summed E-state index contributed by atoms with van der Waals surface area (Å²) in [5.74, 6) is 0.337. The molecule has 0 aliphatic carbocycles. The van der Waals surface area contributed by atoms with Crippen LogP contribution in [-0.2, 0) is 6.61 Å². The van der Waals surface area contributed by atoms with Gasteiger partial charge in [0.2, 0.25) is 5.88 Å². The first-order chi connectivity index (χ1) is 10.1. The number of hydrogen-bond acceptors (Lipinski definition) is 4. The van der Waals surface area contributed by atoms with E-state index in [1.54, 1.807) is 18.2 Å². The summed E-state index contributed by atoms with van der Waals surface area (Å²) >= 11 is 5.81. The number of hydrogen-bond donors (Lipinski definition) is 1. The molecule has 0 amide bonds. The Bertz CT molecular complexity index is 799. The molecule has 7 heteroatoms. The lowest BCUT2D eigenvalue weighted by Crippen LogP contribution is -1.96. The van der Waals surface area contributed by atoms with Crippen molar-refractivity contribution < 1.29 is 9.66 Å². The summed E-state index contributed by atoms with van der Waals surface area (Å²) in [5.41, 5.74) is 1.62. The van der Waals surface area contributed by atoms with E-state index in [0.29, 0.717) is 28.4 Å². The number of nitrogens with one attached hydrogen (secondary N) is 1. The molecule has 0 unspecified atom stereocenters. The van der Waals surface area contributed by atoms with Gasteiger partial charge >= 0.3 is 0 Å². The van der Waals surface area contributed by atoms with E-state index in [1.165, 1.54) is 12.1 Å². The quantitative estimate of drug-likeness (QED) is 0.588. The predicted molar refractivity (Wildman–Crippen MR) is 78.5 cm³/mol. The van der Waals surface area contributed by atoms with Gasteiger partial charge in [-0.2, -0.15) is 0 Å². The van der Waals surface area contributed by atoms with Gasteiger partial charge in [-0.3, -0.25) is 15.2 Å². The molecule has 6 nitrogen and oxygen atoms in total. The highest BCUT2D eigenvalue weighted by Gasteiger charge is 2.12. The average molecular weight is 304 g/mol. The number of fused-ring (bicyclic) bond motifs is 1. The molecule has 0 bridgehead atoms. The van der Waals surface area contributed by atoms with Crippen LogP contribution in [0.2, 0.25) is 5.02 Å². The van der Waals surface area contributed by atoms with Gasteiger partial charge in [-0.05, 0) is 23.8 Å². The van der Waals surface area contributed by atoms with Gasteiger partial charge in [0.25, 0.3) is 5.69 Å². The topological polar surface area (TPSA) is 81.0 Å². The molecule has 0 atom stereocenters. The zero-order valence-electron chi connectivity index (χ0n) is 10.7. The summed E-state index contributed by atoms with van der Waals surface area (Å²) in [6.07, 6.45) is 0. The van der Waals surface area contributed by atoms with Gasteiger partial charge in [-0.1, -0.05) is 23.7 Å². The largest absolute Gasteiger partial charge is 0.471 e. The highest BCUT2D eigenvalue weighted by Crippen LogP contribution is 2.27. The average Bonchev–Trinajstić information content (AvgIpc) is 2.89. The van der Waals surface area contributed by atoms with Crippen molar-refractivity contribution in [2.75, 3.05) is 0 Å². The lowest BCUT2D eigenvalue weighted by atomic mass is 10.2. The number of H-pyrrole nitrogens is 1. The number of benzene rings is 2. The van der Waals surface area contributed by atoms with E-state index in [4.69, 9.17) is 16.3 Å². The minimum Gasteiger partial charge on any atom is -0.471 e. The SMILES string of the molecule is O=[N+]([O-])c1ccc2[nH]nc(OCc3ccc(Cl)cc3)c2c1. The maximum Gasteiger partial charge on any atom is 0.270 e. The van der Waals surface area contributed by atoms with Crippen molar-refractivity contribution in [3.05, 3.63) is 63.2 Å². The van der Waals surface area contributed by atoms with Crippen LogP contribution in [0.3, 0.4) is 0 Å². The summed E-state index contributed by atoms with van der Waals surface area (Å²) in [5, 5.41) is 18.9. The van der Waals surface area contributed by atoms with E-state index in [0.717, 1.165) is 5.56 Å². The number of halogens is 1. The van der Waals surface area contributed by atoms with Crippen LogP contribution in [0.5, 0.6) is 5.88 Å². The minimum atomic E-state index is -0.449. The second kappa shape index (κ2) is 5.41. The summed E-state index contributed by atoms with van der Waals surface area (Å²) in [7, 11) is 0. The molecule has 0 saturated carbocycles. The third-order valence-electron chi connectivity index (χ3n) is 3.01. The minimum absolute atomic E-state index is 0.000225. The van der Waals surface area contributed by atoms with Gasteiger partial charge in [0.1, 0.15) is 6.61 Å². The molecule has 1 N–H and O–H groups in total. The van der Waals surface area contributed by atoms with Gasteiger partial charge in [0, 0.05) is 17.2 Å². The van der Waals surface area contributed by atoms with Crippen LogP contribution in [0, 0.1) is 10.1 Å². The van der Waals surface area contributed by atoms with Gasteiger partial charge in [-0.15, -0.1) is 5.10 Å². The predicted octanol–water partition coefficient (Wildman–Crippen LogP) is 3.70. The fraction of sp³-hybridized carbons (Fsp3) is 0.0714. The monoisotopic (exact) mass is 303 g/mol. The zero-order valence-corrected chi connectivity index (χ0v) is 11.5. The second-order valence-electron chi connectivity index (χ2n) is 4.43. The Morgan fingerprint density at radius 3 is 2.71 bits per heavy atom. The Balaban J connectivity index is 1.84. The third-order valence-corrected chi connectivity index (χ3v) is 3.26. The zero-order chi connectivity index (χ0) is 14.8. The lowest BCUT2D eigenvalue weighted by molar-refractivity contribution is -0.384. The van der Waals surface area contributed by atoms with Crippen LogP contribution in [-0.4, -0.2) is 15.1 Å². The molecule has 1 heterocycles. The Morgan fingerprint density at radius 1 is 1.24 bits per heavy atom. The number of rotatable bonds is 4. The highest BCUT2D eigenvalue weighted by atomic mass is 35.5. The fourth-order valence-electron chi connectivity index (χ4n) is 1.93. The highest BCUT2D eigenvalue weighted by molar-refractivity contribution is 6.30. The van der Waals surface area contributed by atoms with Crippen LogP contribution in [0.25, 0.3) is 10.9 Å². The number of nitro benzene ring substituents is 1.